The summed E-state index contributed by atoms with van der Waals surface area (Å²) >= 11 is 0. The molecule has 0 aliphatic heterocycles. The summed E-state index contributed by atoms with van der Waals surface area (Å²) in [6.45, 7) is 12.8. The fraction of sp³-hybridized carbons (Fsp3) is 0.375. The lowest BCUT2D eigenvalue weighted by Gasteiger charge is -2.34. The van der Waals surface area contributed by atoms with E-state index in [1.807, 2.05) is 77.9 Å². The normalized spacial score (nSPS) is 12.5. The molecule has 0 heterocycles. The van der Waals surface area contributed by atoms with Crippen LogP contribution in [0, 0.1) is 20.8 Å². The SMILES string of the molecule is Cc1ccc(S(=O)(=O)N(CC(=O)N(CCc2ccccc2)[C@@H](C)C(=O)NC(C)(C)C)c2cccc(C)c2C)cc1. The van der Waals surface area contributed by atoms with E-state index in [9.17, 15) is 18.0 Å². The number of carbonyl (C=O) groups excluding carboxylic acids is 2. The van der Waals surface area contributed by atoms with Gasteiger partial charge in [0.1, 0.15) is 12.6 Å². The number of carbonyl (C=O) groups is 2. The average molecular weight is 564 g/mol. The Morgan fingerprint density at radius 1 is 0.875 bits per heavy atom. The predicted octanol–water partition coefficient (Wildman–Crippen LogP) is 5.18. The van der Waals surface area contributed by atoms with Crippen molar-refractivity contribution in [2.75, 3.05) is 17.4 Å². The molecule has 0 aliphatic rings. The topological polar surface area (TPSA) is 86.8 Å². The van der Waals surface area contributed by atoms with Crippen LogP contribution in [0.3, 0.4) is 0 Å². The van der Waals surface area contributed by atoms with Crippen molar-refractivity contribution in [3.8, 4) is 0 Å². The maximum Gasteiger partial charge on any atom is 0.264 e. The van der Waals surface area contributed by atoms with Crippen molar-refractivity contribution in [2.45, 2.75) is 71.4 Å². The van der Waals surface area contributed by atoms with Crippen LogP contribution in [0.5, 0.6) is 0 Å². The van der Waals surface area contributed by atoms with Crippen LogP contribution >= 0.6 is 0 Å². The van der Waals surface area contributed by atoms with Crippen molar-refractivity contribution in [3.05, 3.63) is 95.1 Å². The zero-order valence-electron chi connectivity index (χ0n) is 24.6. The van der Waals surface area contributed by atoms with E-state index in [2.05, 4.69) is 5.32 Å². The third-order valence-corrected chi connectivity index (χ3v) is 8.66. The molecular weight excluding hydrogens is 522 g/mol. The Kier molecular flexibility index (Phi) is 9.79. The first-order valence-corrected chi connectivity index (χ1v) is 15.0. The maximum atomic E-state index is 14.0. The number of nitrogens with zero attached hydrogens (tertiary/aromatic N) is 2. The van der Waals surface area contributed by atoms with Gasteiger partial charge in [-0.25, -0.2) is 8.42 Å². The van der Waals surface area contributed by atoms with Gasteiger partial charge in [-0.2, -0.15) is 0 Å². The van der Waals surface area contributed by atoms with Gasteiger partial charge in [0.15, 0.2) is 0 Å². The highest BCUT2D eigenvalue weighted by atomic mass is 32.2. The summed E-state index contributed by atoms with van der Waals surface area (Å²) in [7, 11) is -4.10. The molecule has 1 N–H and O–H groups in total. The molecule has 0 bridgehead atoms. The minimum Gasteiger partial charge on any atom is -0.350 e. The van der Waals surface area contributed by atoms with Gasteiger partial charge in [0.25, 0.3) is 10.0 Å². The third kappa shape index (κ3) is 7.72. The van der Waals surface area contributed by atoms with E-state index < -0.39 is 34.1 Å². The molecule has 0 aromatic heterocycles. The van der Waals surface area contributed by atoms with Gasteiger partial charge < -0.3 is 10.2 Å². The maximum absolute atomic E-state index is 14.0. The van der Waals surface area contributed by atoms with Crippen LogP contribution in [-0.4, -0.2) is 49.8 Å². The van der Waals surface area contributed by atoms with E-state index in [1.165, 1.54) is 9.21 Å². The van der Waals surface area contributed by atoms with Crippen molar-refractivity contribution >= 4 is 27.5 Å². The van der Waals surface area contributed by atoms with Crippen LogP contribution < -0.4 is 9.62 Å². The van der Waals surface area contributed by atoms with Gasteiger partial charge in [-0.3, -0.25) is 13.9 Å². The lowest BCUT2D eigenvalue weighted by molar-refractivity contribution is -0.139. The van der Waals surface area contributed by atoms with Crippen LogP contribution in [0.15, 0.2) is 77.7 Å². The van der Waals surface area contributed by atoms with E-state index in [-0.39, 0.29) is 17.3 Å². The molecule has 0 spiro atoms. The Hall–Kier alpha value is -3.65. The molecule has 214 valence electrons. The van der Waals surface area contributed by atoms with Gasteiger partial charge in [0, 0.05) is 12.1 Å². The van der Waals surface area contributed by atoms with Gasteiger partial charge in [-0.15, -0.1) is 0 Å². The predicted molar refractivity (Wildman–Crippen MR) is 161 cm³/mol. The minimum absolute atomic E-state index is 0.0983. The van der Waals surface area contributed by atoms with E-state index >= 15 is 0 Å². The van der Waals surface area contributed by atoms with E-state index in [0.29, 0.717) is 12.1 Å². The molecule has 1 atom stereocenters. The number of amides is 2. The summed E-state index contributed by atoms with van der Waals surface area (Å²) in [5, 5.41) is 2.95. The number of hydrogen-bond acceptors (Lipinski definition) is 4. The number of nitrogens with one attached hydrogen (secondary N) is 1. The second-order valence-electron chi connectivity index (χ2n) is 11.3. The molecule has 7 nitrogen and oxygen atoms in total. The van der Waals surface area contributed by atoms with E-state index in [0.717, 1.165) is 22.3 Å². The molecule has 3 aromatic rings. The standard InChI is InChI=1S/C32H41N3O4S/c1-23-16-18-28(19-17-23)40(38,39)35(29-15-11-12-24(2)25(29)3)22-30(36)34(21-20-27-13-9-8-10-14-27)26(4)31(37)33-32(5,6)7/h8-19,26H,20-22H2,1-7H3,(H,33,37)/t26-/m0/s1. The van der Waals surface area contributed by atoms with Crippen LogP contribution in [0.1, 0.15) is 49.9 Å². The number of aryl methyl sites for hydroxylation is 2. The summed E-state index contributed by atoms with van der Waals surface area (Å²) in [5.41, 5.74) is 3.57. The largest absolute Gasteiger partial charge is 0.350 e. The van der Waals surface area contributed by atoms with Gasteiger partial charge in [-0.1, -0.05) is 60.2 Å². The average Bonchev–Trinajstić information content (AvgIpc) is 2.89. The highest BCUT2D eigenvalue weighted by Crippen LogP contribution is 2.29. The van der Waals surface area contributed by atoms with Crippen LogP contribution in [0.25, 0.3) is 0 Å². The molecule has 0 radical (unpaired) electrons. The molecule has 40 heavy (non-hydrogen) atoms. The molecule has 0 unspecified atom stereocenters. The second kappa shape index (κ2) is 12.7. The van der Waals surface area contributed by atoms with Crippen molar-refractivity contribution in [1.29, 1.82) is 0 Å². The number of rotatable bonds is 10. The minimum atomic E-state index is -4.10. The highest BCUT2D eigenvalue weighted by Gasteiger charge is 2.33. The highest BCUT2D eigenvalue weighted by molar-refractivity contribution is 7.92. The molecule has 3 aromatic carbocycles. The van der Waals surface area contributed by atoms with E-state index in [4.69, 9.17) is 0 Å². The van der Waals surface area contributed by atoms with Gasteiger partial charge >= 0.3 is 0 Å². The quantitative estimate of drug-likeness (QED) is 0.368. The van der Waals surface area contributed by atoms with Gasteiger partial charge in [0.05, 0.1) is 10.6 Å². The Morgan fingerprint density at radius 3 is 2.10 bits per heavy atom. The van der Waals surface area contributed by atoms with Crippen LogP contribution in [-0.2, 0) is 26.0 Å². The first-order valence-electron chi connectivity index (χ1n) is 13.5. The lowest BCUT2D eigenvalue weighted by atomic mass is 10.1. The zero-order chi connectivity index (χ0) is 29.7. The van der Waals surface area contributed by atoms with Crippen molar-refractivity contribution in [1.82, 2.24) is 10.2 Å². The molecule has 2 amide bonds. The Morgan fingerprint density at radius 2 is 1.50 bits per heavy atom. The molecule has 0 saturated heterocycles. The summed E-state index contributed by atoms with van der Waals surface area (Å²) in [4.78, 5) is 28.8. The Labute approximate surface area is 239 Å². The summed E-state index contributed by atoms with van der Waals surface area (Å²) in [5.74, 6) is -0.752. The monoisotopic (exact) mass is 563 g/mol. The number of sulfonamides is 1. The number of anilines is 1. The van der Waals surface area contributed by atoms with Crippen molar-refractivity contribution in [3.63, 3.8) is 0 Å². The van der Waals surface area contributed by atoms with Gasteiger partial charge in [-0.05, 0) is 89.8 Å². The first kappa shape index (κ1) is 30.9. The lowest BCUT2D eigenvalue weighted by Crippen LogP contribution is -2.55. The van der Waals surface area contributed by atoms with Crippen molar-refractivity contribution in [2.24, 2.45) is 0 Å². The van der Waals surface area contributed by atoms with Gasteiger partial charge in [0.2, 0.25) is 11.8 Å². The Balaban J connectivity index is 2.03. The second-order valence-corrected chi connectivity index (χ2v) is 13.1. The summed E-state index contributed by atoms with van der Waals surface area (Å²) < 4.78 is 29.2. The molecular formula is C32H41N3O4S. The Bertz CT molecular complexity index is 1430. The van der Waals surface area contributed by atoms with Crippen molar-refractivity contribution < 1.29 is 18.0 Å². The number of benzene rings is 3. The smallest absolute Gasteiger partial charge is 0.264 e. The molecule has 0 fully saturated rings. The number of hydrogen-bond donors (Lipinski definition) is 1. The molecule has 0 saturated carbocycles. The van der Waals surface area contributed by atoms with E-state index in [1.54, 1.807) is 43.3 Å². The zero-order valence-corrected chi connectivity index (χ0v) is 25.4. The molecule has 0 aliphatic carbocycles. The van der Waals surface area contributed by atoms with Crippen LogP contribution in [0.2, 0.25) is 0 Å². The molecule has 8 heteroatoms. The fourth-order valence-electron chi connectivity index (χ4n) is 4.40. The summed E-state index contributed by atoms with van der Waals surface area (Å²) in [6.07, 6.45) is 0.522. The first-order chi connectivity index (χ1) is 18.7. The third-order valence-electron chi connectivity index (χ3n) is 6.88. The summed E-state index contributed by atoms with van der Waals surface area (Å²) in [6, 6.07) is 20.9. The fourth-order valence-corrected chi connectivity index (χ4v) is 5.87. The molecule has 3 rings (SSSR count). The van der Waals surface area contributed by atoms with Crippen LogP contribution in [0.4, 0.5) is 5.69 Å².